The lowest BCUT2D eigenvalue weighted by atomic mass is 10.1. The van der Waals surface area contributed by atoms with Gasteiger partial charge in [0, 0.05) is 13.0 Å². The van der Waals surface area contributed by atoms with Crippen molar-refractivity contribution in [2.24, 2.45) is 17.8 Å². The minimum Gasteiger partial charge on any atom is -0.481 e. The van der Waals surface area contributed by atoms with Crippen molar-refractivity contribution in [3.8, 4) is 0 Å². The minimum absolute atomic E-state index is 0.00755. The Kier molecular flexibility index (Phi) is 2.25. The highest BCUT2D eigenvalue weighted by molar-refractivity contribution is 6.08. The Morgan fingerprint density at radius 2 is 2.00 bits per heavy atom. The van der Waals surface area contributed by atoms with Crippen molar-refractivity contribution in [2.75, 3.05) is 6.54 Å². The molecular formula is C10H13NO4. The molecule has 82 valence electrons. The van der Waals surface area contributed by atoms with Gasteiger partial charge in [-0.1, -0.05) is 6.92 Å². The van der Waals surface area contributed by atoms with Gasteiger partial charge in [0.05, 0.1) is 11.8 Å². The number of carboxylic acid groups (broad SMARTS) is 1. The molecule has 3 unspecified atom stereocenters. The van der Waals surface area contributed by atoms with Gasteiger partial charge >= 0.3 is 5.97 Å². The number of amides is 2. The number of carbonyl (C=O) groups excluding carboxylic acids is 2. The summed E-state index contributed by atoms with van der Waals surface area (Å²) in [6.45, 7) is 1.98. The van der Waals surface area contributed by atoms with Crippen LogP contribution in [0, 0.1) is 17.8 Å². The molecule has 2 amide bonds. The molecule has 1 aliphatic heterocycles. The number of hydrogen-bond acceptors (Lipinski definition) is 3. The Balaban J connectivity index is 1.92. The average molecular weight is 211 g/mol. The first-order valence-corrected chi connectivity index (χ1v) is 5.07. The Morgan fingerprint density at radius 1 is 1.47 bits per heavy atom. The lowest BCUT2D eigenvalue weighted by Crippen LogP contribution is -2.36. The molecule has 1 saturated heterocycles. The fraction of sp³-hybridized carbons (Fsp3) is 0.700. The quantitative estimate of drug-likeness (QED) is 0.669. The van der Waals surface area contributed by atoms with Crippen LogP contribution in [0.5, 0.6) is 0 Å². The van der Waals surface area contributed by atoms with E-state index in [0.717, 1.165) is 0 Å². The van der Waals surface area contributed by atoms with Gasteiger partial charge in [-0.2, -0.15) is 0 Å². The first kappa shape index (κ1) is 10.1. The molecule has 5 nitrogen and oxygen atoms in total. The van der Waals surface area contributed by atoms with Gasteiger partial charge in [0.1, 0.15) is 0 Å². The van der Waals surface area contributed by atoms with Crippen LogP contribution < -0.4 is 0 Å². The van der Waals surface area contributed by atoms with Crippen LogP contribution in [-0.2, 0) is 14.4 Å². The zero-order chi connectivity index (χ0) is 11.2. The molecule has 5 heteroatoms. The SMILES string of the molecule is CC(CC(=O)O)CN1C(=O)C2CC2C1=O. The number of hydrogen-bond donors (Lipinski definition) is 1. The highest BCUT2D eigenvalue weighted by atomic mass is 16.4. The molecule has 0 radical (unpaired) electrons. The van der Waals surface area contributed by atoms with Gasteiger partial charge in [-0.15, -0.1) is 0 Å². The molecule has 2 aliphatic rings. The van der Waals surface area contributed by atoms with Crippen molar-refractivity contribution < 1.29 is 19.5 Å². The number of fused-ring (bicyclic) bond motifs is 1. The van der Waals surface area contributed by atoms with E-state index in [1.54, 1.807) is 6.92 Å². The molecule has 3 atom stereocenters. The van der Waals surface area contributed by atoms with Crippen LogP contribution in [-0.4, -0.2) is 34.3 Å². The molecular weight excluding hydrogens is 198 g/mol. The number of carboxylic acids is 1. The zero-order valence-corrected chi connectivity index (χ0v) is 8.47. The molecule has 1 aliphatic carbocycles. The third-order valence-corrected chi connectivity index (χ3v) is 2.97. The van der Waals surface area contributed by atoms with E-state index in [1.807, 2.05) is 0 Å². The number of aliphatic carboxylic acids is 1. The van der Waals surface area contributed by atoms with Gasteiger partial charge in [0.15, 0.2) is 0 Å². The largest absolute Gasteiger partial charge is 0.481 e. The summed E-state index contributed by atoms with van der Waals surface area (Å²) in [6, 6.07) is 0. The van der Waals surface area contributed by atoms with E-state index in [0.29, 0.717) is 6.42 Å². The van der Waals surface area contributed by atoms with Crippen LogP contribution in [0.4, 0.5) is 0 Å². The topological polar surface area (TPSA) is 74.7 Å². The van der Waals surface area contributed by atoms with Crippen LogP contribution in [0.15, 0.2) is 0 Å². The summed E-state index contributed by atoms with van der Waals surface area (Å²) in [5.41, 5.74) is 0. The molecule has 0 aromatic heterocycles. The first-order valence-electron chi connectivity index (χ1n) is 5.07. The molecule has 0 aromatic rings. The molecule has 0 aromatic carbocycles. The van der Waals surface area contributed by atoms with Gasteiger partial charge in [0.2, 0.25) is 11.8 Å². The van der Waals surface area contributed by atoms with Crippen molar-refractivity contribution in [1.29, 1.82) is 0 Å². The van der Waals surface area contributed by atoms with E-state index >= 15 is 0 Å². The minimum atomic E-state index is -0.897. The standard InChI is InChI=1S/C10H13NO4/c1-5(2-8(12)13)4-11-9(14)6-3-7(6)10(11)15/h5-7H,2-4H2,1H3,(H,12,13). The number of rotatable bonds is 4. The highest BCUT2D eigenvalue weighted by Gasteiger charge is 2.58. The lowest BCUT2D eigenvalue weighted by Gasteiger charge is -2.19. The normalized spacial score (nSPS) is 30.3. The van der Waals surface area contributed by atoms with E-state index in [9.17, 15) is 14.4 Å². The summed E-state index contributed by atoms with van der Waals surface area (Å²) < 4.78 is 0. The van der Waals surface area contributed by atoms with Crippen LogP contribution >= 0.6 is 0 Å². The second kappa shape index (κ2) is 3.32. The molecule has 1 saturated carbocycles. The van der Waals surface area contributed by atoms with Gasteiger partial charge in [0.25, 0.3) is 0 Å². The van der Waals surface area contributed by atoms with E-state index in [4.69, 9.17) is 5.11 Å². The molecule has 1 heterocycles. The highest BCUT2D eigenvalue weighted by Crippen LogP contribution is 2.47. The number of carbonyl (C=O) groups is 3. The van der Waals surface area contributed by atoms with E-state index in [1.165, 1.54) is 4.90 Å². The van der Waals surface area contributed by atoms with Crippen molar-refractivity contribution in [3.05, 3.63) is 0 Å². The maximum atomic E-state index is 11.5. The summed E-state index contributed by atoms with van der Waals surface area (Å²) in [7, 11) is 0. The Bertz CT molecular complexity index is 318. The fourth-order valence-corrected chi connectivity index (χ4v) is 2.10. The second-order valence-corrected chi connectivity index (χ2v) is 4.44. The third kappa shape index (κ3) is 1.73. The summed E-state index contributed by atoms with van der Waals surface area (Å²) in [5.74, 6) is -1.46. The molecule has 0 bridgehead atoms. The van der Waals surface area contributed by atoms with E-state index in [-0.39, 0.29) is 42.5 Å². The molecule has 15 heavy (non-hydrogen) atoms. The maximum Gasteiger partial charge on any atom is 0.303 e. The molecule has 0 spiro atoms. The average Bonchev–Trinajstić information content (AvgIpc) is 2.85. The van der Waals surface area contributed by atoms with Crippen LogP contribution in [0.1, 0.15) is 19.8 Å². The van der Waals surface area contributed by atoms with Crippen LogP contribution in [0.3, 0.4) is 0 Å². The second-order valence-electron chi connectivity index (χ2n) is 4.44. The molecule has 1 N–H and O–H groups in total. The summed E-state index contributed by atoms with van der Waals surface area (Å²) in [4.78, 5) is 34.7. The summed E-state index contributed by atoms with van der Waals surface area (Å²) >= 11 is 0. The van der Waals surface area contributed by atoms with Crippen molar-refractivity contribution in [2.45, 2.75) is 19.8 Å². The zero-order valence-electron chi connectivity index (χ0n) is 8.47. The lowest BCUT2D eigenvalue weighted by molar-refractivity contribution is -0.144. The molecule has 2 rings (SSSR count). The first-order chi connectivity index (χ1) is 7.00. The Labute approximate surface area is 87.1 Å². The summed E-state index contributed by atoms with van der Waals surface area (Å²) in [6.07, 6.45) is 0.688. The number of imide groups is 1. The van der Waals surface area contributed by atoms with Crippen LogP contribution in [0.25, 0.3) is 0 Å². The smallest absolute Gasteiger partial charge is 0.303 e. The Morgan fingerprint density at radius 3 is 2.47 bits per heavy atom. The summed E-state index contributed by atoms with van der Waals surface area (Å²) in [5, 5.41) is 8.56. The molecule has 2 fully saturated rings. The van der Waals surface area contributed by atoms with Gasteiger partial charge in [-0.05, 0) is 12.3 Å². The van der Waals surface area contributed by atoms with Crippen molar-refractivity contribution in [3.63, 3.8) is 0 Å². The number of piperidine rings is 1. The van der Waals surface area contributed by atoms with Crippen molar-refractivity contribution >= 4 is 17.8 Å². The van der Waals surface area contributed by atoms with Crippen molar-refractivity contribution in [1.82, 2.24) is 4.90 Å². The number of likely N-dealkylation sites (tertiary alicyclic amines) is 1. The van der Waals surface area contributed by atoms with E-state index < -0.39 is 5.97 Å². The predicted octanol–water partition coefficient (Wildman–Crippen LogP) is 0.102. The van der Waals surface area contributed by atoms with E-state index in [2.05, 4.69) is 0 Å². The Hall–Kier alpha value is -1.39. The van der Waals surface area contributed by atoms with Gasteiger partial charge < -0.3 is 5.11 Å². The predicted molar refractivity (Wildman–Crippen MR) is 49.7 cm³/mol. The maximum absolute atomic E-state index is 11.5. The third-order valence-electron chi connectivity index (χ3n) is 2.97. The monoisotopic (exact) mass is 211 g/mol. The van der Waals surface area contributed by atoms with Gasteiger partial charge in [-0.25, -0.2) is 0 Å². The van der Waals surface area contributed by atoms with Gasteiger partial charge in [-0.3, -0.25) is 19.3 Å². The fourth-order valence-electron chi connectivity index (χ4n) is 2.10. The van der Waals surface area contributed by atoms with Crippen LogP contribution in [0.2, 0.25) is 0 Å². The number of nitrogens with zero attached hydrogens (tertiary/aromatic N) is 1.